The maximum atomic E-state index is 5.43. The van der Waals surface area contributed by atoms with Crippen molar-refractivity contribution in [2.24, 2.45) is 5.92 Å². The summed E-state index contributed by atoms with van der Waals surface area (Å²) in [6.45, 7) is 9.45. The summed E-state index contributed by atoms with van der Waals surface area (Å²) < 4.78 is 5.43. The van der Waals surface area contributed by atoms with Crippen LogP contribution in [0.3, 0.4) is 0 Å². The number of benzene rings is 1. The number of ether oxygens (including phenoxy) is 1. The van der Waals surface area contributed by atoms with Crippen LogP contribution in [0.5, 0.6) is 5.75 Å². The molecule has 2 nitrogen and oxygen atoms in total. The summed E-state index contributed by atoms with van der Waals surface area (Å²) >= 11 is 0. The third-order valence-corrected chi connectivity index (χ3v) is 2.78. The Labute approximate surface area is 106 Å². The molecule has 0 amide bonds. The van der Waals surface area contributed by atoms with Crippen LogP contribution < -0.4 is 4.74 Å². The minimum absolute atomic E-state index is 0.730. The SMILES string of the molecule is CCOc1ccc(CN(C)CCC(C)C)cc1. The minimum atomic E-state index is 0.730. The average Bonchev–Trinajstić information content (AvgIpc) is 2.29. The monoisotopic (exact) mass is 235 g/mol. The highest BCUT2D eigenvalue weighted by atomic mass is 16.5. The van der Waals surface area contributed by atoms with Crippen LogP contribution in [0.25, 0.3) is 0 Å². The fraction of sp³-hybridized carbons (Fsp3) is 0.600. The predicted octanol–water partition coefficient (Wildman–Crippen LogP) is 3.56. The van der Waals surface area contributed by atoms with E-state index in [1.165, 1.54) is 12.0 Å². The molecule has 0 spiro atoms. The fourth-order valence-corrected chi connectivity index (χ4v) is 1.73. The third kappa shape index (κ3) is 5.73. The van der Waals surface area contributed by atoms with Crippen molar-refractivity contribution in [1.29, 1.82) is 0 Å². The van der Waals surface area contributed by atoms with E-state index in [4.69, 9.17) is 4.74 Å². The Kier molecular flexibility index (Phi) is 6.06. The smallest absolute Gasteiger partial charge is 0.119 e. The van der Waals surface area contributed by atoms with Crippen LogP contribution in [0.15, 0.2) is 24.3 Å². The van der Waals surface area contributed by atoms with E-state index in [2.05, 4.69) is 50.1 Å². The Morgan fingerprint density at radius 1 is 1.18 bits per heavy atom. The molecule has 1 rings (SSSR count). The van der Waals surface area contributed by atoms with Gasteiger partial charge in [0.15, 0.2) is 0 Å². The quantitative estimate of drug-likeness (QED) is 0.716. The summed E-state index contributed by atoms with van der Waals surface area (Å²) in [7, 11) is 2.18. The first-order valence-corrected chi connectivity index (χ1v) is 6.52. The molecule has 0 aliphatic heterocycles. The highest BCUT2D eigenvalue weighted by Gasteiger charge is 2.02. The van der Waals surface area contributed by atoms with Crippen molar-refractivity contribution in [2.75, 3.05) is 20.2 Å². The topological polar surface area (TPSA) is 12.5 Å². The maximum absolute atomic E-state index is 5.43. The summed E-state index contributed by atoms with van der Waals surface area (Å²) in [5, 5.41) is 0. The lowest BCUT2D eigenvalue weighted by atomic mass is 10.1. The molecule has 96 valence electrons. The number of rotatable bonds is 7. The van der Waals surface area contributed by atoms with Gasteiger partial charge in [-0.05, 0) is 50.6 Å². The molecule has 0 aliphatic carbocycles. The molecular weight excluding hydrogens is 210 g/mol. The van der Waals surface area contributed by atoms with Gasteiger partial charge in [0, 0.05) is 6.54 Å². The molecule has 0 unspecified atom stereocenters. The van der Waals surface area contributed by atoms with Crippen LogP contribution in [-0.4, -0.2) is 25.1 Å². The predicted molar refractivity (Wildman–Crippen MR) is 73.4 cm³/mol. The summed E-state index contributed by atoms with van der Waals surface area (Å²) in [5.41, 5.74) is 1.35. The zero-order valence-electron chi connectivity index (χ0n) is 11.6. The van der Waals surface area contributed by atoms with Gasteiger partial charge in [-0.1, -0.05) is 26.0 Å². The van der Waals surface area contributed by atoms with Crippen LogP contribution in [-0.2, 0) is 6.54 Å². The van der Waals surface area contributed by atoms with Crippen molar-refractivity contribution in [3.05, 3.63) is 29.8 Å². The lowest BCUT2D eigenvalue weighted by molar-refractivity contribution is 0.303. The van der Waals surface area contributed by atoms with E-state index in [0.29, 0.717) is 0 Å². The molecule has 0 aromatic heterocycles. The number of hydrogen-bond acceptors (Lipinski definition) is 2. The van der Waals surface area contributed by atoms with Crippen LogP contribution >= 0.6 is 0 Å². The minimum Gasteiger partial charge on any atom is -0.494 e. The zero-order chi connectivity index (χ0) is 12.7. The number of nitrogens with zero attached hydrogens (tertiary/aromatic N) is 1. The molecule has 17 heavy (non-hydrogen) atoms. The first kappa shape index (κ1) is 14.0. The normalized spacial score (nSPS) is 11.2. The summed E-state index contributed by atoms with van der Waals surface area (Å²) in [5.74, 6) is 1.74. The summed E-state index contributed by atoms with van der Waals surface area (Å²) in [4.78, 5) is 2.37. The average molecular weight is 235 g/mol. The van der Waals surface area contributed by atoms with E-state index < -0.39 is 0 Å². The van der Waals surface area contributed by atoms with Crippen LogP contribution in [0.1, 0.15) is 32.8 Å². The van der Waals surface area contributed by atoms with Crippen LogP contribution in [0.2, 0.25) is 0 Å². The molecule has 0 fully saturated rings. The van der Waals surface area contributed by atoms with E-state index >= 15 is 0 Å². The van der Waals surface area contributed by atoms with Gasteiger partial charge in [-0.3, -0.25) is 0 Å². The Hall–Kier alpha value is -1.02. The molecule has 0 radical (unpaired) electrons. The Morgan fingerprint density at radius 2 is 1.82 bits per heavy atom. The Morgan fingerprint density at radius 3 is 2.35 bits per heavy atom. The van der Waals surface area contributed by atoms with E-state index in [-0.39, 0.29) is 0 Å². The van der Waals surface area contributed by atoms with Gasteiger partial charge in [0.05, 0.1) is 6.61 Å². The molecule has 1 aromatic carbocycles. The van der Waals surface area contributed by atoms with Crippen LogP contribution in [0, 0.1) is 5.92 Å². The van der Waals surface area contributed by atoms with E-state index in [0.717, 1.165) is 31.4 Å². The Bertz CT molecular complexity index is 305. The molecule has 1 aromatic rings. The fourth-order valence-electron chi connectivity index (χ4n) is 1.73. The van der Waals surface area contributed by atoms with Crippen molar-refractivity contribution in [3.8, 4) is 5.75 Å². The van der Waals surface area contributed by atoms with Gasteiger partial charge in [-0.25, -0.2) is 0 Å². The summed E-state index contributed by atoms with van der Waals surface area (Å²) in [6, 6.07) is 8.40. The standard InChI is InChI=1S/C15H25NO/c1-5-17-15-8-6-14(7-9-15)12-16(4)11-10-13(2)3/h6-9,13H,5,10-12H2,1-4H3. The molecular formula is C15H25NO. The van der Waals surface area contributed by atoms with Gasteiger partial charge >= 0.3 is 0 Å². The molecule has 0 bridgehead atoms. The van der Waals surface area contributed by atoms with Gasteiger partial charge in [0.25, 0.3) is 0 Å². The molecule has 0 atom stereocenters. The maximum Gasteiger partial charge on any atom is 0.119 e. The molecule has 0 heterocycles. The van der Waals surface area contributed by atoms with Gasteiger partial charge in [-0.15, -0.1) is 0 Å². The van der Waals surface area contributed by atoms with E-state index in [1.807, 2.05) is 6.92 Å². The highest BCUT2D eigenvalue weighted by Crippen LogP contribution is 2.13. The van der Waals surface area contributed by atoms with Gasteiger partial charge < -0.3 is 9.64 Å². The molecule has 0 saturated carbocycles. The van der Waals surface area contributed by atoms with Crippen molar-refractivity contribution in [3.63, 3.8) is 0 Å². The second kappa shape index (κ2) is 7.33. The second-order valence-corrected chi connectivity index (χ2v) is 5.00. The second-order valence-electron chi connectivity index (χ2n) is 5.00. The third-order valence-electron chi connectivity index (χ3n) is 2.78. The number of hydrogen-bond donors (Lipinski definition) is 0. The van der Waals surface area contributed by atoms with E-state index in [9.17, 15) is 0 Å². The van der Waals surface area contributed by atoms with Gasteiger partial charge in [0.2, 0.25) is 0 Å². The largest absolute Gasteiger partial charge is 0.494 e. The first-order valence-electron chi connectivity index (χ1n) is 6.52. The van der Waals surface area contributed by atoms with Gasteiger partial charge in [0.1, 0.15) is 5.75 Å². The van der Waals surface area contributed by atoms with Gasteiger partial charge in [-0.2, -0.15) is 0 Å². The summed E-state index contributed by atoms with van der Waals surface area (Å²) in [6.07, 6.45) is 1.26. The van der Waals surface area contributed by atoms with E-state index in [1.54, 1.807) is 0 Å². The lowest BCUT2D eigenvalue weighted by Crippen LogP contribution is -2.20. The molecule has 0 N–H and O–H groups in total. The van der Waals surface area contributed by atoms with Crippen molar-refractivity contribution >= 4 is 0 Å². The zero-order valence-corrected chi connectivity index (χ0v) is 11.6. The lowest BCUT2D eigenvalue weighted by Gasteiger charge is -2.18. The molecule has 0 aliphatic rings. The first-order chi connectivity index (χ1) is 8.11. The van der Waals surface area contributed by atoms with Crippen molar-refractivity contribution < 1.29 is 4.74 Å². The molecule has 0 saturated heterocycles. The van der Waals surface area contributed by atoms with Crippen molar-refractivity contribution in [1.82, 2.24) is 4.90 Å². The molecule has 2 heteroatoms. The highest BCUT2D eigenvalue weighted by molar-refractivity contribution is 5.27. The Balaban J connectivity index is 2.40. The van der Waals surface area contributed by atoms with Crippen LogP contribution in [0.4, 0.5) is 0 Å². The van der Waals surface area contributed by atoms with Crippen molar-refractivity contribution in [2.45, 2.75) is 33.7 Å².